The summed E-state index contributed by atoms with van der Waals surface area (Å²) in [5.74, 6) is 0.433. The van der Waals surface area contributed by atoms with Crippen molar-refractivity contribution in [2.75, 3.05) is 13.1 Å². The molecule has 0 aromatic carbocycles. The van der Waals surface area contributed by atoms with Gasteiger partial charge in [0, 0.05) is 42.7 Å². The number of hydrogen-bond acceptors (Lipinski definition) is 6. The predicted octanol–water partition coefficient (Wildman–Crippen LogP) is 0.733. The second-order valence-corrected chi connectivity index (χ2v) is 6.33. The van der Waals surface area contributed by atoms with Gasteiger partial charge in [0.25, 0.3) is 5.91 Å². The van der Waals surface area contributed by atoms with Crippen LogP contribution < -0.4 is 0 Å². The number of pyridine rings is 2. The predicted molar refractivity (Wildman–Crippen MR) is 92.5 cm³/mol. The number of carbonyl (C=O) groups is 1. The number of hydrogen-bond donors (Lipinski definition) is 1. The Balaban J connectivity index is 1.48. The van der Waals surface area contributed by atoms with Gasteiger partial charge in [0.05, 0.1) is 6.10 Å². The van der Waals surface area contributed by atoms with E-state index in [4.69, 9.17) is 0 Å². The van der Waals surface area contributed by atoms with E-state index in [1.807, 2.05) is 18.2 Å². The summed E-state index contributed by atoms with van der Waals surface area (Å²) >= 11 is 0. The highest BCUT2D eigenvalue weighted by Gasteiger charge is 2.34. The van der Waals surface area contributed by atoms with Crippen molar-refractivity contribution in [3.8, 4) is 5.82 Å². The van der Waals surface area contributed by atoms with Crippen LogP contribution in [0.4, 0.5) is 0 Å². The quantitative estimate of drug-likeness (QED) is 0.745. The molecule has 26 heavy (non-hydrogen) atoms. The minimum absolute atomic E-state index is 0.0204. The molecule has 0 bridgehead atoms. The third-order valence-corrected chi connectivity index (χ3v) is 4.57. The zero-order valence-corrected chi connectivity index (χ0v) is 14.0. The minimum Gasteiger partial charge on any atom is -0.391 e. The van der Waals surface area contributed by atoms with Crippen LogP contribution in [0.5, 0.6) is 0 Å². The molecule has 1 aliphatic heterocycles. The van der Waals surface area contributed by atoms with Gasteiger partial charge >= 0.3 is 0 Å². The Morgan fingerprint density at radius 3 is 2.73 bits per heavy atom. The van der Waals surface area contributed by atoms with Gasteiger partial charge in [0.2, 0.25) is 0 Å². The van der Waals surface area contributed by atoms with Crippen molar-refractivity contribution < 1.29 is 9.90 Å². The van der Waals surface area contributed by atoms with Crippen LogP contribution in [-0.4, -0.2) is 59.8 Å². The molecule has 1 aliphatic rings. The number of aromatic nitrogens is 5. The minimum atomic E-state index is -0.555. The molecule has 8 nitrogen and oxygen atoms in total. The first-order valence-corrected chi connectivity index (χ1v) is 8.39. The maximum absolute atomic E-state index is 12.8. The number of aliphatic hydroxyl groups excluding tert-OH is 1. The molecule has 4 heterocycles. The van der Waals surface area contributed by atoms with E-state index in [9.17, 15) is 9.90 Å². The maximum atomic E-state index is 12.8. The van der Waals surface area contributed by atoms with E-state index < -0.39 is 6.10 Å². The van der Waals surface area contributed by atoms with E-state index in [0.717, 1.165) is 5.69 Å². The van der Waals surface area contributed by atoms with Gasteiger partial charge in [-0.05, 0) is 30.7 Å². The molecule has 1 amide bonds. The second kappa shape index (κ2) is 7.01. The monoisotopic (exact) mass is 350 g/mol. The molecular formula is C18H18N6O2. The van der Waals surface area contributed by atoms with Crippen molar-refractivity contribution >= 4 is 5.91 Å². The van der Waals surface area contributed by atoms with E-state index in [1.165, 1.54) is 12.7 Å². The highest BCUT2D eigenvalue weighted by atomic mass is 16.3. The maximum Gasteiger partial charge on any atom is 0.254 e. The molecule has 0 spiro atoms. The first kappa shape index (κ1) is 16.3. The zero-order valence-electron chi connectivity index (χ0n) is 14.0. The lowest BCUT2D eigenvalue weighted by Crippen LogP contribution is -2.29. The van der Waals surface area contributed by atoms with Crippen LogP contribution in [0.25, 0.3) is 5.82 Å². The summed E-state index contributed by atoms with van der Waals surface area (Å²) in [5.41, 5.74) is 1.44. The lowest BCUT2D eigenvalue weighted by molar-refractivity contribution is 0.0764. The molecule has 0 radical (unpaired) electrons. The number of β-amino-alcohol motifs (C(OH)–C–C–N with tert-alkyl or cyclic N) is 1. The average molecular weight is 350 g/mol. The lowest BCUT2D eigenvalue weighted by atomic mass is 10.00. The van der Waals surface area contributed by atoms with Gasteiger partial charge in [-0.15, -0.1) is 10.2 Å². The SMILES string of the molecule is O=C(c1ccnc(-n2cnnc2)c1)N1C[C@@H](Cc2ccccn2)[C@H](O)C1. The van der Waals surface area contributed by atoms with Crippen molar-refractivity contribution in [3.63, 3.8) is 0 Å². The van der Waals surface area contributed by atoms with Gasteiger partial charge in [0.1, 0.15) is 18.5 Å². The molecule has 2 atom stereocenters. The topological polar surface area (TPSA) is 97.0 Å². The summed E-state index contributed by atoms with van der Waals surface area (Å²) in [5, 5.41) is 17.9. The van der Waals surface area contributed by atoms with Crippen LogP contribution in [0.1, 0.15) is 16.1 Å². The Kier molecular flexibility index (Phi) is 4.40. The molecule has 0 saturated carbocycles. The van der Waals surface area contributed by atoms with Crippen LogP contribution >= 0.6 is 0 Å². The highest BCUT2D eigenvalue weighted by molar-refractivity contribution is 5.94. The second-order valence-electron chi connectivity index (χ2n) is 6.33. The molecule has 0 aliphatic carbocycles. The molecular weight excluding hydrogens is 332 g/mol. The zero-order chi connectivity index (χ0) is 17.9. The van der Waals surface area contributed by atoms with Gasteiger partial charge in [-0.2, -0.15) is 0 Å². The summed E-state index contributed by atoms with van der Waals surface area (Å²) in [6.07, 6.45) is 6.47. The van der Waals surface area contributed by atoms with Crippen LogP contribution in [-0.2, 0) is 6.42 Å². The number of likely N-dealkylation sites (tertiary alicyclic amines) is 1. The molecule has 3 aromatic heterocycles. The molecule has 1 saturated heterocycles. The fourth-order valence-electron chi connectivity index (χ4n) is 3.20. The molecule has 1 N–H and O–H groups in total. The van der Waals surface area contributed by atoms with E-state index in [0.29, 0.717) is 30.9 Å². The van der Waals surface area contributed by atoms with Crippen molar-refractivity contribution in [1.82, 2.24) is 29.6 Å². The Bertz CT molecular complexity index is 884. The number of aliphatic hydroxyl groups is 1. The van der Waals surface area contributed by atoms with Crippen LogP contribution in [0, 0.1) is 5.92 Å². The number of amides is 1. The van der Waals surface area contributed by atoms with E-state index in [2.05, 4.69) is 20.2 Å². The van der Waals surface area contributed by atoms with Gasteiger partial charge in [0.15, 0.2) is 0 Å². The van der Waals surface area contributed by atoms with E-state index >= 15 is 0 Å². The largest absolute Gasteiger partial charge is 0.391 e. The summed E-state index contributed by atoms with van der Waals surface area (Å²) in [7, 11) is 0. The fourth-order valence-corrected chi connectivity index (χ4v) is 3.20. The standard InChI is InChI=1S/C18H18N6O2/c25-16-10-23(9-14(16)7-15-3-1-2-5-19-15)18(26)13-4-6-20-17(8-13)24-11-21-22-12-24/h1-6,8,11-12,14,16,25H,7,9-10H2/t14-,16-/m1/s1. The number of nitrogens with zero attached hydrogens (tertiary/aromatic N) is 6. The Labute approximate surface area is 150 Å². The van der Waals surface area contributed by atoms with Crippen LogP contribution in [0.15, 0.2) is 55.4 Å². The van der Waals surface area contributed by atoms with Crippen LogP contribution in [0.2, 0.25) is 0 Å². The van der Waals surface area contributed by atoms with Gasteiger partial charge in [-0.3, -0.25) is 14.3 Å². The molecule has 1 fully saturated rings. The molecule has 0 unspecified atom stereocenters. The van der Waals surface area contributed by atoms with Crippen molar-refractivity contribution in [2.24, 2.45) is 5.92 Å². The molecule has 3 aromatic rings. The number of rotatable bonds is 4. The number of carbonyl (C=O) groups excluding carboxylic acids is 1. The highest BCUT2D eigenvalue weighted by Crippen LogP contribution is 2.23. The Morgan fingerprint density at radius 2 is 1.96 bits per heavy atom. The van der Waals surface area contributed by atoms with Gasteiger partial charge in [-0.1, -0.05) is 6.07 Å². The molecule has 8 heteroatoms. The Hall–Kier alpha value is -3.13. The smallest absolute Gasteiger partial charge is 0.254 e. The van der Waals surface area contributed by atoms with Crippen molar-refractivity contribution in [2.45, 2.75) is 12.5 Å². The fraction of sp³-hybridized carbons (Fsp3) is 0.278. The molecule has 4 rings (SSSR count). The summed E-state index contributed by atoms with van der Waals surface area (Å²) in [6, 6.07) is 9.10. The van der Waals surface area contributed by atoms with E-state index in [-0.39, 0.29) is 11.8 Å². The summed E-state index contributed by atoms with van der Waals surface area (Å²) in [6.45, 7) is 0.821. The summed E-state index contributed by atoms with van der Waals surface area (Å²) < 4.78 is 1.64. The Morgan fingerprint density at radius 1 is 1.12 bits per heavy atom. The average Bonchev–Trinajstić information content (AvgIpc) is 3.33. The van der Waals surface area contributed by atoms with Crippen molar-refractivity contribution in [1.29, 1.82) is 0 Å². The van der Waals surface area contributed by atoms with Gasteiger partial charge < -0.3 is 10.0 Å². The van der Waals surface area contributed by atoms with E-state index in [1.54, 1.807) is 34.0 Å². The molecule has 132 valence electrons. The van der Waals surface area contributed by atoms with Crippen LogP contribution in [0.3, 0.4) is 0 Å². The van der Waals surface area contributed by atoms with Crippen molar-refractivity contribution in [3.05, 3.63) is 66.6 Å². The third-order valence-electron chi connectivity index (χ3n) is 4.57. The first-order valence-electron chi connectivity index (χ1n) is 8.39. The lowest BCUT2D eigenvalue weighted by Gasteiger charge is -2.16. The summed E-state index contributed by atoms with van der Waals surface area (Å²) in [4.78, 5) is 23.1. The first-order chi connectivity index (χ1) is 12.7. The normalized spacial score (nSPS) is 19.7. The third kappa shape index (κ3) is 3.31. The van der Waals surface area contributed by atoms with Gasteiger partial charge in [-0.25, -0.2) is 4.98 Å².